The number of aliphatic hydroxyl groups excluding tert-OH is 1. The van der Waals surface area contributed by atoms with Crippen LogP contribution in [0.2, 0.25) is 0 Å². The van der Waals surface area contributed by atoms with E-state index in [2.05, 4.69) is 26.8 Å². The van der Waals surface area contributed by atoms with Crippen LogP contribution in [0.5, 0.6) is 0 Å². The molecule has 0 spiro atoms. The van der Waals surface area contributed by atoms with Crippen LogP contribution in [0.15, 0.2) is 11.6 Å². The van der Waals surface area contributed by atoms with Gasteiger partial charge in [-0.1, -0.05) is 18.6 Å². The monoisotopic (exact) mass is 240 g/mol. The fourth-order valence-corrected chi connectivity index (χ4v) is 2.60. The maximum atomic E-state index is 9.50. The van der Waals surface area contributed by atoms with E-state index in [0.29, 0.717) is 12.0 Å². The minimum Gasteiger partial charge on any atom is -0.393 e. The Bertz CT molecular complexity index is 227. The van der Waals surface area contributed by atoms with Crippen LogP contribution in [0.1, 0.15) is 59.3 Å². The summed E-state index contributed by atoms with van der Waals surface area (Å²) in [7, 11) is 0. The van der Waals surface area contributed by atoms with Crippen molar-refractivity contribution in [1.29, 1.82) is 0 Å². The van der Waals surface area contributed by atoms with Crippen molar-refractivity contribution in [2.45, 2.75) is 71.5 Å². The van der Waals surface area contributed by atoms with Gasteiger partial charge in [0.25, 0.3) is 0 Å². The Hall–Kier alpha value is -0.340. The molecule has 0 radical (unpaired) electrons. The van der Waals surface area contributed by atoms with E-state index in [4.69, 9.17) is 4.74 Å². The third kappa shape index (κ3) is 5.22. The molecule has 1 unspecified atom stereocenters. The molecular weight excluding hydrogens is 212 g/mol. The number of ether oxygens (including phenoxy) is 1. The van der Waals surface area contributed by atoms with Crippen LogP contribution in [0.25, 0.3) is 0 Å². The van der Waals surface area contributed by atoms with E-state index in [9.17, 15) is 5.11 Å². The fourth-order valence-electron chi connectivity index (χ4n) is 2.60. The van der Waals surface area contributed by atoms with Gasteiger partial charge in [-0.15, -0.1) is 0 Å². The first-order valence-electron chi connectivity index (χ1n) is 7.13. The molecule has 1 aliphatic carbocycles. The topological polar surface area (TPSA) is 29.5 Å². The van der Waals surface area contributed by atoms with Crippen molar-refractivity contribution in [3.63, 3.8) is 0 Å². The van der Waals surface area contributed by atoms with E-state index in [1.165, 1.54) is 5.57 Å². The van der Waals surface area contributed by atoms with Crippen LogP contribution in [0.4, 0.5) is 0 Å². The van der Waals surface area contributed by atoms with E-state index in [1.54, 1.807) is 0 Å². The predicted octanol–water partition coefficient (Wildman–Crippen LogP) is 3.69. The molecule has 2 heteroatoms. The van der Waals surface area contributed by atoms with Gasteiger partial charge < -0.3 is 9.84 Å². The predicted molar refractivity (Wildman–Crippen MR) is 72.0 cm³/mol. The van der Waals surface area contributed by atoms with Gasteiger partial charge in [-0.25, -0.2) is 0 Å². The molecule has 0 aliphatic heterocycles. The highest BCUT2D eigenvalue weighted by atomic mass is 16.5. The lowest BCUT2D eigenvalue weighted by Crippen LogP contribution is -2.19. The second-order valence-electron chi connectivity index (χ2n) is 5.17. The second-order valence-corrected chi connectivity index (χ2v) is 5.17. The molecule has 17 heavy (non-hydrogen) atoms. The lowest BCUT2D eigenvalue weighted by molar-refractivity contribution is 0.0622. The quantitative estimate of drug-likeness (QED) is 0.717. The summed E-state index contributed by atoms with van der Waals surface area (Å²) in [5.74, 6) is 0.692. The van der Waals surface area contributed by atoms with Gasteiger partial charge in [0.1, 0.15) is 0 Å². The number of hydrogen-bond acceptors (Lipinski definition) is 2. The van der Waals surface area contributed by atoms with Crippen LogP contribution in [-0.4, -0.2) is 23.9 Å². The molecule has 0 bridgehead atoms. The Kier molecular flexibility index (Phi) is 6.83. The van der Waals surface area contributed by atoms with Crippen LogP contribution >= 0.6 is 0 Å². The summed E-state index contributed by atoms with van der Waals surface area (Å²) in [6.07, 6.45) is 9.04. The molecule has 1 rings (SSSR count). The van der Waals surface area contributed by atoms with Crippen molar-refractivity contribution in [3.05, 3.63) is 11.6 Å². The van der Waals surface area contributed by atoms with Gasteiger partial charge >= 0.3 is 0 Å². The highest BCUT2D eigenvalue weighted by molar-refractivity contribution is 5.05. The third-order valence-electron chi connectivity index (χ3n) is 3.90. The molecule has 1 saturated carbocycles. The Labute approximate surface area is 106 Å². The Morgan fingerprint density at radius 2 is 1.94 bits per heavy atom. The molecule has 0 saturated heterocycles. The zero-order chi connectivity index (χ0) is 12.7. The minimum absolute atomic E-state index is 0.0501. The van der Waals surface area contributed by atoms with Crippen molar-refractivity contribution in [2.24, 2.45) is 5.92 Å². The average Bonchev–Trinajstić information content (AvgIpc) is 2.35. The van der Waals surface area contributed by atoms with Crippen LogP contribution in [0.3, 0.4) is 0 Å². The standard InChI is InChI=1S/C15H28O2/c1-4-15(17-5-2)11-6-12(3)13-7-9-14(16)10-8-13/h6,13-16H,4-5,7-11H2,1-3H3/b12-6+. The van der Waals surface area contributed by atoms with Crippen molar-refractivity contribution in [2.75, 3.05) is 6.61 Å². The number of hydrogen-bond donors (Lipinski definition) is 1. The van der Waals surface area contributed by atoms with Crippen LogP contribution in [-0.2, 0) is 4.74 Å². The van der Waals surface area contributed by atoms with E-state index in [1.807, 2.05) is 0 Å². The summed E-state index contributed by atoms with van der Waals surface area (Å²) in [6.45, 7) is 7.28. The molecule has 100 valence electrons. The molecule has 1 aliphatic rings. The summed E-state index contributed by atoms with van der Waals surface area (Å²) in [4.78, 5) is 0. The highest BCUT2D eigenvalue weighted by Crippen LogP contribution is 2.30. The molecule has 1 atom stereocenters. The molecule has 0 heterocycles. The molecule has 0 aromatic heterocycles. The Morgan fingerprint density at radius 3 is 2.47 bits per heavy atom. The summed E-state index contributed by atoms with van der Waals surface area (Å²) in [5.41, 5.74) is 1.50. The van der Waals surface area contributed by atoms with Gasteiger partial charge in [-0.2, -0.15) is 0 Å². The molecular formula is C15H28O2. The third-order valence-corrected chi connectivity index (χ3v) is 3.90. The molecule has 0 aromatic rings. The fraction of sp³-hybridized carbons (Fsp3) is 0.867. The summed E-state index contributed by atoms with van der Waals surface area (Å²) >= 11 is 0. The summed E-state index contributed by atoms with van der Waals surface area (Å²) in [6, 6.07) is 0. The Morgan fingerprint density at radius 1 is 1.29 bits per heavy atom. The Balaban J connectivity index is 2.37. The summed E-state index contributed by atoms with van der Waals surface area (Å²) in [5, 5.41) is 9.50. The number of aliphatic hydroxyl groups is 1. The van der Waals surface area contributed by atoms with Crippen molar-refractivity contribution in [1.82, 2.24) is 0 Å². The van der Waals surface area contributed by atoms with Gasteiger partial charge in [0.05, 0.1) is 12.2 Å². The number of allylic oxidation sites excluding steroid dienone is 1. The van der Waals surface area contributed by atoms with Gasteiger partial charge in [0.2, 0.25) is 0 Å². The first-order chi connectivity index (χ1) is 8.17. The van der Waals surface area contributed by atoms with E-state index in [-0.39, 0.29) is 6.10 Å². The maximum Gasteiger partial charge on any atom is 0.0606 e. The van der Waals surface area contributed by atoms with Crippen molar-refractivity contribution in [3.8, 4) is 0 Å². The first kappa shape index (κ1) is 14.7. The SMILES string of the molecule is CCOC(CC)C/C=C(\C)C1CCC(O)CC1. The molecule has 0 amide bonds. The van der Waals surface area contributed by atoms with Gasteiger partial charge in [-0.05, 0) is 58.3 Å². The van der Waals surface area contributed by atoms with E-state index < -0.39 is 0 Å². The lowest BCUT2D eigenvalue weighted by Gasteiger charge is -2.26. The zero-order valence-electron chi connectivity index (χ0n) is 11.6. The van der Waals surface area contributed by atoms with Crippen molar-refractivity contribution < 1.29 is 9.84 Å². The normalized spacial score (nSPS) is 28.1. The largest absolute Gasteiger partial charge is 0.393 e. The highest BCUT2D eigenvalue weighted by Gasteiger charge is 2.20. The van der Waals surface area contributed by atoms with Gasteiger partial charge in [0.15, 0.2) is 0 Å². The van der Waals surface area contributed by atoms with Crippen LogP contribution < -0.4 is 0 Å². The van der Waals surface area contributed by atoms with Gasteiger partial charge in [-0.3, -0.25) is 0 Å². The molecule has 1 N–H and O–H groups in total. The zero-order valence-corrected chi connectivity index (χ0v) is 11.6. The molecule has 0 aromatic carbocycles. The first-order valence-corrected chi connectivity index (χ1v) is 7.13. The average molecular weight is 240 g/mol. The van der Waals surface area contributed by atoms with Crippen LogP contribution in [0, 0.1) is 5.92 Å². The van der Waals surface area contributed by atoms with E-state index in [0.717, 1.165) is 45.1 Å². The second kappa shape index (κ2) is 7.88. The van der Waals surface area contributed by atoms with Crippen molar-refractivity contribution >= 4 is 0 Å². The lowest BCUT2D eigenvalue weighted by atomic mass is 9.82. The summed E-state index contributed by atoms with van der Waals surface area (Å²) < 4.78 is 5.66. The van der Waals surface area contributed by atoms with Gasteiger partial charge in [0, 0.05) is 6.61 Å². The molecule has 1 fully saturated rings. The van der Waals surface area contributed by atoms with E-state index >= 15 is 0 Å². The maximum absolute atomic E-state index is 9.50. The molecule has 2 nitrogen and oxygen atoms in total. The smallest absolute Gasteiger partial charge is 0.0606 e. The number of rotatable bonds is 6. The minimum atomic E-state index is -0.0501.